The van der Waals surface area contributed by atoms with Crippen LogP contribution in [0, 0.1) is 0 Å². The lowest BCUT2D eigenvalue weighted by molar-refractivity contribution is 0.150. The smallest absolute Gasteiger partial charge is 0.283 e. The van der Waals surface area contributed by atoms with Gasteiger partial charge in [-0.1, -0.05) is 0 Å². The number of amides is 1. The van der Waals surface area contributed by atoms with Gasteiger partial charge in [0.05, 0.1) is 0 Å². The summed E-state index contributed by atoms with van der Waals surface area (Å²) in [7, 11) is 0. The predicted octanol–water partition coefficient (Wildman–Crippen LogP) is 1.32. The van der Waals surface area contributed by atoms with Gasteiger partial charge < -0.3 is 4.90 Å². The van der Waals surface area contributed by atoms with Crippen molar-refractivity contribution in [1.82, 2.24) is 9.80 Å². The second-order valence-electron chi connectivity index (χ2n) is 3.51. The average Bonchev–Trinajstić information content (AvgIpc) is 2.87. The Bertz CT molecular complexity index is 185. The molecule has 4 heteroatoms. The highest BCUT2D eigenvalue weighted by molar-refractivity contribution is 14.1. The Hall–Kier alpha value is 0.160. The van der Waals surface area contributed by atoms with E-state index in [1.54, 1.807) is 0 Å². The summed E-state index contributed by atoms with van der Waals surface area (Å²) in [6, 6.07) is 0.858. The summed E-state index contributed by atoms with van der Waals surface area (Å²) >= 11 is 1.87. The van der Waals surface area contributed by atoms with Crippen LogP contribution >= 0.6 is 22.6 Å². The van der Waals surface area contributed by atoms with Crippen molar-refractivity contribution in [2.45, 2.75) is 18.9 Å². The molecular weight excluding hydrogens is 267 g/mol. The first-order valence-corrected chi connectivity index (χ1v) is 5.54. The van der Waals surface area contributed by atoms with Crippen molar-refractivity contribution < 1.29 is 4.79 Å². The molecule has 12 heavy (non-hydrogen) atoms. The quantitative estimate of drug-likeness (QED) is 0.411. The molecular formula is C8H13IN2O. The van der Waals surface area contributed by atoms with Crippen LogP contribution in [0.15, 0.2) is 0 Å². The lowest BCUT2D eigenvalue weighted by Crippen LogP contribution is -2.47. The molecule has 0 aromatic carbocycles. The zero-order valence-corrected chi connectivity index (χ0v) is 9.16. The fourth-order valence-electron chi connectivity index (χ4n) is 1.70. The molecule has 0 radical (unpaired) electrons. The van der Waals surface area contributed by atoms with Crippen molar-refractivity contribution in [2.24, 2.45) is 0 Å². The standard InChI is InChI=1S/C8H13IN2O/c9-8(12)11-5-3-10(4-6-11)7-1-2-7/h7H,1-6H2. The Morgan fingerprint density at radius 1 is 1.17 bits per heavy atom. The van der Waals surface area contributed by atoms with Gasteiger partial charge in [-0.2, -0.15) is 0 Å². The van der Waals surface area contributed by atoms with E-state index in [-0.39, 0.29) is 3.91 Å². The lowest BCUT2D eigenvalue weighted by atomic mass is 10.3. The van der Waals surface area contributed by atoms with Crippen molar-refractivity contribution in [3.8, 4) is 0 Å². The van der Waals surface area contributed by atoms with E-state index >= 15 is 0 Å². The Balaban J connectivity index is 1.80. The third kappa shape index (κ3) is 1.90. The second kappa shape index (κ2) is 3.49. The molecule has 1 amide bonds. The largest absolute Gasteiger partial charge is 0.332 e. The van der Waals surface area contributed by atoms with E-state index < -0.39 is 0 Å². The summed E-state index contributed by atoms with van der Waals surface area (Å²) in [5.41, 5.74) is 0. The molecule has 0 aromatic rings. The molecule has 0 spiro atoms. The Labute approximate surface area is 86.2 Å². The first-order chi connectivity index (χ1) is 5.77. The topological polar surface area (TPSA) is 23.6 Å². The van der Waals surface area contributed by atoms with E-state index in [1.165, 1.54) is 12.8 Å². The summed E-state index contributed by atoms with van der Waals surface area (Å²) in [6.45, 7) is 4.02. The van der Waals surface area contributed by atoms with Gasteiger partial charge in [0.1, 0.15) is 0 Å². The van der Waals surface area contributed by atoms with Crippen LogP contribution in [-0.2, 0) is 0 Å². The zero-order valence-electron chi connectivity index (χ0n) is 7.00. The Morgan fingerprint density at radius 2 is 1.75 bits per heavy atom. The van der Waals surface area contributed by atoms with E-state index in [0.29, 0.717) is 0 Å². The molecule has 0 unspecified atom stereocenters. The first kappa shape index (κ1) is 8.74. The van der Waals surface area contributed by atoms with Gasteiger partial charge in [0.25, 0.3) is 3.91 Å². The number of rotatable bonds is 1. The van der Waals surface area contributed by atoms with Crippen LogP contribution in [0.5, 0.6) is 0 Å². The summed E-state index contributed by atoms with van der Waals surface area (Å²) in [5, 5.41) is 0. The maximum atomic E-state index is 11.0. The molecule has 1 aliphatic carbocycles. The van der Waals surface area contributed by atoms with E-state index in [1.807, 2.05) is 27.5 Å². The van der Waals surface area contributed by atoms with Gasteiger partial charge in [-0.05, 0) is 12.8 Å². The fourth-order valence-corrected chi connectivity index (χ4v) is 2.18. The third-order valence-electron chi connectivity index (χ3n) is 2.63. The summed E-state index contributed by atoms with van der Waals surface area (Å²) < 4.78 is 0.197. The highest BCUT2D eigenvalue weighted by Gasteiger charge is 2.31. The van der Waals surface area contributed by atoms with Gasteiger partial charge in [0, 0.05) is 54.8 Å². The van der Waals surface area contributed by atoms with Crippen LogP contribution in [0.3, 0.4) is 0 Å². The van der Waals surface area contributed by atoms with E-state index in [9.17, 15) is 4.79 Å². The van der Waals surface area contributed by atoms with Crippen molar-refractivity contribution in [3.05, 3.63) is 0 Å². The van der Waals surface area contributed by atoms with Gasteiger partial charge in [0.15, 0.2) is 0 Å². The van der Waals surface area contributed by atoms with Crippen LogP contribution in [0.25, 0.3) is 0 Å². The molecule has 0 N–H and O–H groups in total. The van der Waals surface area contributed by atoms with Crippen molar-refractivity contribution in [3.63, 3.8) is 0 Å². The second-order valence-corrected chi connectivity index (χ2v) is 4.43. The number of carbonyl (C=O) groups is 1. The maximum absolute atomic E-state index is 11.0. The van der Waals surface area contributed by atoms with E-state index in [4.69, 9.17) is 0 Å². The molecule has 2 rings (SSSR count). The maximum Gasteiger partial charge on any atom is 0.283 e. The molecule has 1 heterocycles. The zero-order chi connectivity index (χ0) is 8.55. The number of hydrogen-bond donors (Lipinski definition) is 0. The minimum Gasteiger partial charge on any atom is -0.332 e. The number of hydrogen-bond acceptors (Lipinski definition) is 2. The van der Waals surface area contributed by atoms with Crippen molar-refractivity contribution in [2.75, 3.05) is 26.2 Å². The number of nitrogens with zero attached hydrogens (tertiary/aromatic N) is 2. The third-order valence-corrected chi connectivity index (χ3v) is 3.31. The Kier molecular flexibility index (Phi) is 2.55. The molecule has 0 bridgehead atoms. The fraction of sp³-hybridized carbons (Fsp3) is 0.875. The first-order valence-electron chi connectivity index (χ1n) is 4.46. The molecule has 2 fully saturated rings. The summed E-state index contributed by atoms with van der Waals surface area (Å²) in [5.74, 6) is 0. The van der Waals surface area contributed by atoms with Crippen LogP contribution in [0.1, 0.15) is 12.8 Å². The molecule has 2 aliphatic rings. The van der Waals surface area contributed by atoms with Gasteiger partial charge >= 0.3 is 0 Å². The van der Waals surface area contributed by atoms with E-state index in [2.05, 4.69) is 4.90 Å². The lowest BCUT2D eigenvalue weighted by Gasteiger charge is -2.33. The summed E-state index contributed by atoms with van der Waals surface area (Å²) in [6.07, 6.45) is 2.75. The minimum absolute atomic E-state index is 0.197. The van der Waals surface area contributed by atoms with Crippen LogP contribution in [0.2, 0.25) is 0 Å². The van der Waals surface area contributed by atoms with Gasteiger partial charge in [-0.3, -0.25) is 9.69 Å². The van der Waals surface area contributed by atoms with Gasteiger partial charge in [0.2, 0.25) is 0 Å². The molecule has 1 saturated heterocycles. The van der Waals surface area contributed by atoms with Crippen LogP contribution in [0.4, 0.5) is 4.79 Å². The normalized spacial score (nSPS) is 25.9. The number of halogens is 1. The highest BCUT2D eigenvalue weighted by atomic mass is 127. The number of carbonyl (C=O) groups excluding carboxylic acids is 1. The molecule has 68 valence electrons. The molecule has 1 aliphatic heterocycles. The molecule has 1 saturated carbocycles. The van der Waals surface area contributed by atoms with Gasteiger partial charge in [-0.25, -0.2) is 0 Å². The van der Waals surface area contributed by atoms with Gasteiger partial charge in [-0.15, -0.1) is 0 Å². The average molecular weight is 280 g/mol. The van der Waals surface area contributed by atoms with Crippen LogP contribution < -0.4 is 0 Å². The Morgan fingerprint density at radius 3 is 2.17 bits per heavy atom. The highest BCUT2D eigenvalue weighted by Crippen LogP contribution is 2.27. The number of piperazine rings is 1. The minimum atomic E-state index is 0.197. The van der Waals surface area contributed by atoms with E-state index in [0.717, 1.165) is 32.2 Å². The molecule has 0 aromatic heterocycles. The SMILES string of the molecule is O=C(I)N1CCN(C2CC2)CC1. The van der Waals surface area contributed by atoms with Crippen LogP contribution in [-0.4, -0.2) is 45.9 Å². The monoisotopic (exact) mass is 280 g/mol. The van der Waals surface area contributed by atoms with Crippen molar-refractivity contribution in [1.29, 1.82) is 0 Å². The summed E-state index contributed by atoms with van der Waals surface area (Å²) in [4.78, 5) is 15.4. The van der Waals surface area contributed by atoms with Crippen molar-refractivity contribution >= 4 is 26.5 Å². The predicted molar refractivity (Wildman–Crippen MR) is 55.6 cm³/mol. The molecule has 0 atom stereocenters. The molecule has 3 nitrogen and oxygen atoms in total.